The second-order valence-corrected chi connectivity index (χ2v) is 7.27. The summed E-state index contributed by atoms with van der Waals surface area (Å²) in [7, 11) is 0. The second kappa shape index (κ2) is 7.47. The first-order valence-corrected chi connectivity index (χ1v) is 9.83. The average Bonchev–Trinajstić information content (AvgIpc) is 3.30. The van der Waals surface area contributed by atoms with Crippen LogP contribution in [0.2, 0.25) is 0 Å². The van der Waals surface area contributed by atoms with Gasteiger partial charge in [0, 0.05) is 11.9 Å². The van der Waals surface area contributed by atoms with Gasteiger partial charge in [-0.1, -0.05) is 42.5 Å². The van der Waals surface area contributed by atoms with E-state index in [1.807, 2.05) is 48.5 Å². The van der Waals surface area contributed by atoms with Gasteiger partial charge in [0.05, 0.1) is 6.04 Å². The summed E-state index contributed by atoms with van der Waals surface area (Å²) >= 11 is 0. The number of benzene rings is 2. The van der Waals surface area contributed by atoms with Gasteiger partial charge in [-0.25, -0.2) is 13.9 Å². The van der Waals surface area contributed by atoms with Gasteiger partial charge in [-0.3, -0.25) is 4.79 Å². The molecule has 2 heterocycles. The Bertz CT molecular complexity index is 1280. The Morgan fingerprint density at radius 1 is 1.07 bits per heavy atom. The number of nitrogens with one attached hydrogen (secondary N) is 2. The summed E-state index contributed by atoms with van der Waals surface area (Å²) in [4.78, 5) is 29.5. The summed E-state index contributed by atoms with van der Waals surface area (Å²) in [6.07, 6.45) is 3.41. The van der Waals surface area contributed by atoms with Gasteiger partial charge < -0.3 is 10.6 Å². The lowest BCUT2D eigenvalue weighted by Crippen LogP contribution is -2.34. The third-order valence-corrected chi connectivity index (χ3v) is 5.26. The van der Waals surface area contributed by atoms with Crippen molar-refractivity contribution in [2.75, 3.05) is 5.32 Å². The fraction of sp³-hybridized carbons (Fsp3) is 0.182. The smallest absolute Gasteiger partial charge is 0.348 e. The standard InChI is InChI=1S/C22H20N6O2/c29-20(24-18-11-10-15-6-4-5-9-17(15)18)14-28-22(30)27-13-12-19(25-21(27)26-28)23-16-7-2-1-3-8-16/h1-9,12-13,18H,10-11,14H2,(H,24,29)(H,23,25,26)/t18-/m0/s1. The van der Waals surface area contributed by atoms with Crippen LogP contribution in [0.25, 0.3) is 5.78 Å². The zero-order valence-corrected chi connectivity index (χ0v) is 16.2. The number of carbonyl (C=O) groups excluding carboxylic acids is 1. The van der Waals surface area contributed by atoms with Gasteiger partial charge in [0.1, 0.15) is 12.4 Å². The molecule has 8 heteroatoms. The molecule has 5 rings (SSSR count). The van der Waals surface area contributed by atoms with Gasteiger partial charge in [0.2, 0.25) is 5.91 Å². The Kier molecular flexibility index (Phi) is 4.51. The molecule has 0 fully saturated rings. The number of hydrogen-bond donors (Lipinski definition) is 2. The van der Waals surface area contributed by atoms with Crippen molar-refractivity contribution in [2.45, 2.75) is 25.4 Å². The molecule has 0 saturated heterocycles. The number of rotatable bonds is 5. The van der Waals surface area contributed by atoms with Crippen LogP contribution in [-0.4, -0.2) is 25.1 Å². The monoisotopic (exact) mass is 400 g/mol. The molecule has 2 aromatic heterocycles. The minimum Gasteiger partial charge on any atom is -0.348 e. The Morgan fingerprint density at radius 2 is 1.87 bits per heavy atom. The summed E-state index contributed by atoms with van der Waals surface area (Å²) in [5, 5.41) is 10.4. The number of nitrogens with zero attached hydrogens (tertiary/aromatic N) is 4. The predicted octanol–water partition coefficient (Wildman–Crippen LogP) is 2.44. The highest BCUT2D eigenvalue weighted by molar-refractivity contribution is 5.76. The number of fused-ring (bicyclic) bond motifs is 2. The van der Waals surface area contributed by atoms with Crippen molar-refractivity contribution in [1.82, 2.24) is 24.5 Å². The van der Waals surface area contributed by atoms with Crippen molar-refractivity contribution in [3.8, 4) is 0 Å². The van der Waals surface area contributed by atoms with Gasteiger partial charge in [0.15, 0.2) is 0 Å². The number of aromatic nitrogens is 4. The molecule has 0 bridgehead atoms. The Labute approximate surface area is 172 Å². The first-order valence-electron chi connectivity index (χ1n) is 9.83. The van der Waals surface area contributed by atoms with Crippen LogP contribution >= 0.6 is 0 Å². The maximum absolute atomic E-state index is 12.6. The molecule has 30 heavy (non-hydrogen) atoms. The normalized spacial score (nSPS) is 15.1. The van der Waals surface area contributed by atoms with E-state index in [1.165, 1.54) is 9.96 Å². The fourth-order valence-electron chi connectivity index (χ4n) is 3.83. The zero-order valence-electron chi connectivity index (χ0n) is 16.2. The van der Waals surface area contributed by atoms with Gasteiger partial charge in [0.25, 0.3) is 5.78 Å². The van der Waals surface area contributed by atoms with E-state index in [1.54, 1.807) is 12.3 Å². The van der Waals surface area contributed by atoms with Crippen LogP contribution in [0.1, 0.15) is 23.6 Å². The Hall–Kier alpha value is -3.94. The molecule has 4 aromatic rings. The molecule has 1 amide bonds. The molecule has 0 aliphatic heterocycles. The Balaban J connectivity index is 1.33. The van der Waals surface area contributed by atoms with Crippen LogP contribution in [0.15, 0.2) is 71.7 Å². The van der Waals surface area contributed by atoms with Crippen molar-refractivity contribution in [3.63, 3.8) is 0 Å². The predicted molar refractivity (Wildman–Crippen MR) is 113 cm³/mol. The molecule has 8 nitrogen and oxygen atoms in total. The molecule has 1 aliphatic rings. The summed E-state index contributed by atoms with van der Waals surface area (Å²) < 4.78 is 2.47. The number of para-hydroxylation sites is 1. The van der Waals surface area contributed by atoms with E-state index in [0.717, 1.165) is 28.8 Å². The van der Waals surface area contributed by atoms with Crippen LogP contribution in [0.4, 0.5) is 11.5 Å². The molecule has 2 aromatic carbocycles. The van der Waals surface area contributed by atoms with Gasteiger partial charge in [-0.05, 0) is 42.2 Å². The third-order valence-electron chi connectivity index (χ3n) is 5.26. The lowest BCUT2D eigenvalue weighted by Gasteiger charge is -2.13. The molecule has 0 radical (unpaired) electrons. The highest BCUT2D eigenvalue weighted by Crippen LogP contribution is 2.30. The zero-order chi connectivity index (χ0) is 20.5. The second-order valence-electron chi connectivity index (χ2n) is 7.27. The molecule has 0 unspecified atom stereocenters. The first kappa shape index (κ1) is 18.1. The minimum absolute atomic E-state index is 0.0266. The molecule has 2 N–H and O–H groups in total. The van der Waals surface area contributed by atoms with Crippen LogP contribution < -0.4 is 16.3 Å². The molecule has 1 aliphatic carbocycles. The number of anilines is 2. The van der Waals surface area contributed by atoms with E-state index in [9.17, 15) is 9.59 Å². The van der Waals surface area contributed by atoms with Crippen LogP contribution in [-0.2, 0) is 17.8 Å². The summed E-state index contributed by atoms with van der Waals surface area (Å²) in [6, 6.07) is 19.4. The number of aryl methyl sites for hydroxylation is 1. The maximum atomic E-state index is 12.6. The van der Waals surface area contributed by atoms with Crippen LogP contribution in [0, 0.1) is 0 Å². The van der Waals surface area contributed by atoms with Crippen molar-refractivity contribution < 1.29 is 4.79 Å². The SMILES string of the molecule is O=C(Cn1nc2nc(Nc3ccccc3)ccn2c1=O)N[C@H]1CCc2ccccc21. The maximum Gasteiger partial charge on any atom is 0.352 e. The summed E-state index contributed by atoms with van der Waals surface area (Å²) in [5.41, 5.74) is 2.89. The number of carbonyl (C=O) groups is 1. The van der Waals surface area contributed by atoms with E-state index in [4.69, 9.17) is 0 Å². The molecule has 150 valence electrons. The van der Waals surface area contributed by atoms with Crippen molar-refractivity contribution in [2.24, 2.45) is 0 Å². The van der Waals surface area contributed by atoms with Crippen molar-refractivity contribution >= 4 is 23.2 Å². The van der Waals surface area contributed by atoms with Gasteiger partial charge in [-0.2, -0.15) is 4.98 Å². The number of amides is 1. The highest BCUT2D eigenvalue weighted by atomic mass is 16.2. The van der Waals surface area contributed by atoms with Crippen LogP contribution in [0.3, 0.4) is 0 Å². The van der Waals surface area contributed by atoms with E-state index < -0.39 is 5.69 Å². The topological polar surface area (TPSA) is 93.3 Å². The minimum atomic E-state index is -0.397. The molecule has 0 spiro atoms. The van der Waals surface area contributed by atoms with Crippen molar-refractivity contribution in [1.29, 1.82) is 0 Å². The van der Waals surface area contributed by atoms with E-state index >= 15 is 0 Å². The number of hydrogen-bond acceptors (Lipinski definition) is 5. The third kappa shape index (κ3) is 3.43. The summed E-state index contributed by atoms with van der Waals surface area (Å²) in [6.45, 7) is -0.150. The molecule has 1 atom stereocenters. The van der Waals surface area contributed by atoms with Gasteiger partial charge >= 0.3 is 5.69 Å². The van der Waals surface area contributed by atoms with Gasteiger partial charge in [-0.15, -0.1) is 5.10 Å². The largest absolute Gasteiger partial charge is 0.352 e. The van der Waals surface area contributed by atoms with E-state index in [0.29, 0.717) is 5.82 Å². The van der Waals surface area contributed by atoms with Crippen molar-refractivity contribution in [3.05, 3.63) is 88.5 Å². The van der Waals surface area contributed by atoms with E-state index in [-0.39, 0.29) is 24.3 Å². The van der Waals surface area contributed by atoms with Crippen LogP contribution in [0.5, 0.6) is 0 Å². The molecular formula is C22H20N6O2. The molecule has 0 saturated carbocycles. The highest BCUT2D eigenvalue weighted by Gasteiger charge is 2.24. The Morgan fingerprint density at radius 3 is 2.73 bits per heavy atom. The van der Waals surface area contributed by atoms with E-state index in [2.05, 4.69) is 26.8 Å². The fourth-order valence-corrected chi connectivity index (χ4v) is 3.83. The first-order chi connectivity index (χ1) is 14.7. The lowest BCUT2D eigenvalue weighted by atomic mass is 10.1. The summed E-state index contributed by atoms with van der Waals surface area (Å²) in [5.74, 6) is 0.558. The quantitative estimate of drug-likeness (QED) is 0.537. The lowest BCUT2D eigenvalue weighted by molar-refractivity contribution is -0.122. The average molecular weight is 400 g/mol. The molecular weight excluding hydrogens is 380 g/mol.